The van der Waals surface area contributed by atoms with Gasteiger partial charge in [0.1, 0.15) is 11.6 Å². The second kappa shape index (κ2) is 9.85. The molecule has 2 aromatic rings. The van der Waals surface area contributed by atoms with Crippen molar-refractivity contribution in [2.45, 2.75) is 76.7 Å². The molecule has 0 atom stereocenters. The number of benzene rings is 1. The predicted octanol–water partition coefficient (Wildman–Crippen LogP) is 4.74. The number of hydrogen-bond acceptors (Lipinski definition) is 3. The fourth-order valence-electron chi connectivity index (χ4n) is 4.44. The van der Waals surface area contributed by atoms with E-state index in [-0.39, 0.29) is 42.7 Å². The Hall–Kier alpha value is -2.35. The van der Waals surface area contributed by atoms with E-state index in [4.69, 9.17) is 0 Å². The van der Waals surface area contributed by atoms with Crippen LogP contribution in [0.3, 0.4) is 0 Å². The molecule has 8 heteroatoms. The molecule has 31 heavy (non-hydrogen) atoms. The van der Waals surface area contributed by atoms with Gasteiger partial charge in [-0.2, -0.15) is 8.78 Å². The van der Waals surface area contributed by atoms with Crippen LogP contribution in [-0.4, -0.2) is 43.9 Å². The molecule has 0 radical (unpaired) electrons. The molecule has 2 aliphatic carbocycles. The molecule has 1 aromatic carbocycles. The summed E-state index contributed by atoms with van der Waals surface area (Å²) in [6.45, 7) is -1.80. The van der Waals surface area contributed by atoms with Gasteiger partial charge in [0, 0.05) is 31.0 Å². The zero-order valence-electron chi connectivity index (χ0n) is 17.6. The van der Waals surface area contributed by atoms with Gasteiger partial charge in [-0.1, -0.05) is 31.4 Å². The third-order valence-electron chi connectivity index (χ3n) is 6.31. The molecule has 168 valence electrons. The lowest BCUT2D eigenvalue weighted by Gasteiger charge is -2.36. The molecular formula is C23H29F3N4O. The Bertz CT molecular complexity index is 860. The van der Waals surface area contributed by atoms with E-state index in [2.05, 4.69) is 4.98 Å². The Balaban J connectivity index is 1.49. The Kier molecular flexibility index (Phi) is 6.95. The molecule has 1 aromatic heterocycles. The number of amides is 1. The number of alkyl halides is 2. The first-order valence-electron chi connectivity index (χ1n) is 11.1. The summed E-state index contributed by atoms with van der Waals surface area (Å²) in [5, 5.41) is 0. The van der Waals surface area contributed by atoms with Gasteiger partial charge in [0.05, 0.1) is 13.1 Å². The van der Waals surface area contributed by atoms with Gasteiger partial charge in [-0.05, 0) is 43.4 Å². The fourth-order valence-corrected chi connectivity index (χ4v) is 4.44. The number of rotatable bonds is 9. The summed E-state index contributed by atoms with van der Waals surface area (Å²) < 4.78 is 40.7. The highest BCUT2D eigenvalue weighted by atomic mass is 19.3. The van der Waals surface area contributed by atoms with Crippen LogP contribution in [0.5, 0.6) is 0 Å². The van der Waals surface area contributed by atoms with Crippen molar-refractivity contribution in [2.75, 3.05) is 6.54 Å². The van der Waals surface area contributed by atoms with Crippen molar-refractivity contribution in [1.82, 2.24) is 19.4 Å². The molecule has 2 aliphatic rings. The molecule has 1 heterocycles. The van der Waals surface area contributed by atoms with Crippen LogP contribution in [0.1, 0.15) is 62.9 Å². The van der Waals surface area contributed by atoms with Crippen LogP contribution in [0.25, 0.3) is 0 Å². The lowest BCUT2D eigenvalue weighted by molar-refractivity contribution is -0.136. The molecule has 5 nitrogen and oxygen atoms in total. The molecular weight excluding hydrogens is 405 g/mol. The van der Waals surface area contributed by atoms with E-state index in [9.17, 15) is 18.0 Å². The monoisotopic (exact) mass is 434 g/mol. The lowest BCUT2D eigenvalue weighted by atomic mass is 9.93. The zero-order valence-corrected chi connectivity index (χ0v) is 17.6. The second-order valence-corrected chi connectivity index (χ2v) is 8.60. The van der Waals surface area contributed by atoms with E-state index < -0.39 is 6.55 Å². The highest BCUT2D eigenvalue weighted by Crippen LogP contribution is 2.30. The van der Waals surface area contributed by atoms with Crippen LogP contribution < -0.4 is 0 Å². The van der Waals surface area contributed by atoms with Crippen molar-refractivity contribution in [3.8, 4) is 0 Å². The largest absolute Gasteiger partial charge is 0.334 e. The minimum absolute atomic E-state index is 0.00159. The molecule has 2 fully saturated rings. The number of hydrogen-bond donors (Lipinski definition) is 0. The van der Waals surface area contributed by atoms with Gasteiger partial charge >= 0.3 is 6.55 Å². The highest BCUT2D eigenvalue weighted by molar-refractivity contribution is 5.78. The zero-order chi connectivity index (χ0) is 21.8. The van der Waals surface area contributed by atoms with Gasteiger partial charge in [0.15, 0.2) is 0 Å². The molecule has 2 saturated carbocycles. The highest BCUT2D eigenvalue weighted by Gasteiger charge is 2.34. The minimum Gasteiger partial charge on any atom is -0.334 e. The number of nitrogens with zero attached hydrogens (tertiary/aromatic N) is 4. The number of imidazole rings is 1. The summed E-state index contributed by atoms with van der Waals surface area (Å²) in [4.78, 5) is 21.4. The van der Waals surface area contributed by atoms with Crippen LogP contribution in [0.4, 0.5) is 13.2 Å². The molecule has 0 spiro atoms. The summed E-state index contributed by atoms with van der Waals surface area (Å²) in [5.41, 5.74) is 0.895. The Morgan fingerprint density at radius 1 is 1.03 bits per heavy atom. The molecule has 4 rings (SSSR count). The van der Waals surface area contributed by atoms with Gasteiger partial charge in [-0.15, -0.1) is 0 Å². The maximum atomic E-state index is 13.4. The Morgan fingerprint density at radius 3 is 2.39 bits per heavy atom. The summed E-state index contributed by atoms with van der Waals surface area (Å²) in [5.74, 6) is -0.0236. The van der Waals surface area contributed by atoms with E-state index in [1.54, 1.807) is 12.1 Å². The van der Waals surface area contributed by atoms with E-state index >= 15 is 0 Å². The van der Waals surface area contributed by atoms with Gasteiger partial charge in [0.25, 0.3) is 0 Å². The molecule has 0 bridgehead atoms. The van der Waals surface area contributed by atoms with Crippen molar-refractivity contribution in [2.24, 2.45) is 0 Å². The van der Waals surface area contributed by atoms with Crippen molar-refractivity contribution in [1.29, 1.82) is 0 Å². The maximum Gasteiger partial charge on any atom is 0.319 e. The van der Waals surface area contributed by atoms with Crippen LogP contribution >= 0.6 is 0 Å². The van der Waals surface area contributed by atoms with Gasteiger partial charge in [0.2, 0.25) is 5.91 Å². The Labute approximate surface area is 180 Å². The number of aromatic nitrogens is 2. The molecule has 0 unspecified atom stereocenters. The topological polar surface area (TPSA) is 41.4 Å². The average Bonchev–Trinajstić information content (AvgIpc) is 3.51. The standard InChI is InChI=1S/C23H29F3N4O/c24-18-8-6-17(7-9-18)14-30(20-4-2-1-3-5-20)22(31)16-28(19-10-11-19)15-21-27-12-13-29(21)23(25)26/h6-9,12-13,19-20,23H,1-5,10-11,14-16H2. The first-order valence-corrected chi connectivity index (χ1v) is 11.1. The third kappa shape index (κ3) is 5.67. The normalized spacial score (nSPS) is 17.5. The van der Waals surface area contributed by atoms with Gasteiger partial charge in [-0.3, -0.25) is 14.3 Å². The van der Waals surface area contributed by atoms with Crippen molar-refractivity contribution in [3.05, 3.63) is 53.9 Å². The maximum absolute atomic E-state index is 13.4. The van der Waals surface area contributed by atoms with E-state index in [0.29, 0.717) is 6.54 Å². The number of carbonyl (C=O) groups excluding carboxylic acids is 1. The quantitative estimate of drug-likeness (QED) is 0.572. The first kappa shape index (κ1) is 21.9. The van der Waals surface area contributed by atoms with Crippen LogP contribution in [0.2, 0.25) is 0 Å². The molecule has 0 saturated heterocycles. The van der Waals surface area contributed by atoms with Crippen LogP contribution in [0.15, 0.2) is 36.7 Å². The fraction of sp³-hybridized carbons (Fsp3) is 0.565. The number of halogens is 3. The Morgan fingerprint density at radius 2 is 1.74 bits per heavy atom. The van der Waals surface area contributed by atoms with Gasteiger partial charge < -0.3 is 4.90 Å². The lowest BCUT2D eigenvalue weighted by Crippen LogP contribution is -2.46. The van der Waals surface area contributed by atoms with Crippen molar-refractivity contribution >= 4 is 5.91 Å². The van der Waals surface area contributed by atoms with Crippen LogP contribution in [-0.2, 0) is 17.9 Å². The SMILES string of the molecule is O=C(CN(Cc1nccn1C(F)F)C1CC1)N(Cc1ccc(F)cc1)C1CCCCC1. The summed E-state index contributed by atoms with van der Waals surface area (Å²) in [7, 11) is 0. The van der Waals surface area contributed by atoms with Crippen molar-refractivity contribution in [3.63, 3.8) is 0 Å². The summed E-state index contributed by atoms with van der Waals surface area (Å²) in [6, 6.07) is 6.66. The minimum atomic E-state index is -2.65. The smallest absolute Gasteiger partial charge is 0.319 e. The molecule has 1 amide bonds. The summed E-state index contributed by atoms with van der Waals surface area (Å²) >= 11 is 0. The second-order valence-electron chi connectivity index (χ2n) is 8.60. The van der Waals surface area contributed by atoms with Crippen LogP contribution in [0, 0.1) is 5.82 Å². The average molecular weight is 435 g/mol. The van der Waals surface area contributed by atoms with E-state index in [1.807, 2.05) is 9.80 Å². The number of carbonyl (C=O) groups is 1. The molecule has 0 N–H and O–H groups in total. The third-order valence-corrected chi connectivity index (χ3v) is 6.31. The molecule has 0 aliphatic heterocycles. The van der Waals surface area contributed by atoms with E-state index in [1.165, 1.54) is 30.9 Å². The van der Waals surface area contributed by atoms with E-state index in [0.717, 1.165) is 48.7 Å². The predicted molar refractivity (Wildman–Crippen MR) is 111 cm³/mol. The first-order chi connectivity index (χ1) is 15.0. The summed E-state index contributed by atoms with van der Waals surface area (Å²) in [6.07, 6.45) is 9.87. The van der Waals surface area contributed by atoms with Crippen molar-refractivity contribution < 1.29 is 18.0 Å². The van der Waals surface area contributed by atoms with Gasteiger partial charge in [-0.25, -0.2) is 9.37 Å².